The molecular formula is C13H14O6. The predicted molar refractivity (Wildman–Crippen MR) is 65.0 cm³/mol. The fraction of sp³-hybridized carbons (Fsp3) is 0.308. The Morgan fingerprint density at radius 3 is 2.16 bits per heavy atom. The van der Waals surface area contributed by atoms with E-state index >= 15 is 0 Å². The van der Waals surface area contributed by atoms with Crippen LogP contribution in [0.25, 0.3) is 0 Å². The molecule has 0 amide bonds. The summed E-state index contributed by atoms with van der Waals surface area (Å²) in [7, 11) is 0. The number of hydrogen-bond acceptors (Lipinski definition) is 5. The van der Waals surface area contributed by atoms with E-state index in [4.69, 9.17) is 14.6 Å². The highest BCUT2D eigenvalue weighted by Crippen LogP contribution is 2.29. The van der Waals surface area contributed by atoms with Crippen molar-refractivity contribution in [1.29, 1.82) is 0 Å². The maximum Gasteiger partial charge on any atom is 0.308 e. The molecule has 6 heteroatoms. The fourth-order valence-corrected chi connectivity index (χ4v) is 1.43. The van der Waals surface area contributed by atoms with E-state index in [1.165, 1.54) is 26.0 Å². The normalized spacial score (nSPS) is 9.79. The van der Waals surface area contributed by atoms with Crippen LogP contribution in [0.4, 0.5) is 0 Å². The van der Waals surface area contributed by atoms with Gasteiger partial charge in [-0.3, -0.25) is 14.4 Å². The third kappa shape index (κ3) is 5.20. The average molecular weight is 266 g/mol. The van der Waals surface area contributed by atoms with Crippen LogP contribution in [0.15, 0.2) is 18.2 Å². The second-order valence-electron chi connectivity index (χ2n) is 3.86. The summed E-state index contributed by atoms with van der Waals surface area (Å²) in [6.07, 6.45) is 0.260. The van der Waals surface area contributed by atoms with Crippen LogP contribution in [0.3, 0.4) is 0 Å². The molecule has 1 N–H and O–H groups in total. The molecule has 0 aliphatic rings. The van der Waals surface area contributed by atoms with Crippen LogP contribution in [-0.2, 0) is 20.8 Å². The first-order chi connectivity index (χ1) is 8.88. The van der Waals surface area contributed by atoms with E-state index in [0.29, 0.717) is 12.0 Å². The zero-order chi connectivity index (χ0) is 14.4. The molecule has 0 spiro atoms. The number of carboxylic acids is 1. The number of benzene rings is 1. The number of hydrogen-bond donors (Lipinski definition) is 1. The van der Waals surface area contributed by atoms with Gasteiger partial charge in [-0.1, -0.05) is 6.07 Å². The number of aliphatic carboxylic acids is 1. The van der Waals surface area contributed by atoms with E-state index in [0.717, 1.165) is 0 Å². The lowest BCUT2D eigenvalue weighted by molar-refractivity contribution is -0.137. The van der Waals surface area contributed by atoms with Crippen LogP contribution < -0.4 is 9.47 Å². The summed E-state index contributed by atoms with van der Waals surface area (Å²) >= 11 is 0. The lowest BCUT2D eigenvalue weighted by Crippen LogP contribution is -2.07. The molecule has 1 aromatic rings. The van der Waals surface area contributed by atoms with E-state index in [-0.39, 0.29) is 17.9 Å². The summed E-state index contributed by atoms with van der Waals surface area (Å²) in [6.45, 7) is 2.46. The molecule has 0 heterocycles. The number of esters is 2. The van der Waals surface area contributed by atoms with Crippen molar-refractivity contribution in [2.75, 3.05) is 0 Å². The first-order valence-corrected chi connectivity index (χ1v) is 5.60. The first-order valence-electron chi connectivity index (χ1n) is 5.60. The van der Waals surface area contributed by atoms with Crippen molar-refractivity contribution in [1.82, 2.24) is 0 Å². The van der Waals surface area contributed by atoms with Crippen LogP contribution in [-0.4, -0.2) is 23.0 Å². The SMILES string of the molecule is CC(=O)Oc1ccc(CCC(=O)O)cc1OC(C)=O. The minimum absolute atomic E-state index is 0.0353. The molecule has 19 heavy (non-hydrogen) atoms. The Balaban J connectivity index is 2.96. The van der Waals surface area contributed by atoms with Crippen molar-refractivity contribution in [2.24, 2.45) is 0 Å². The standard InChI is InChI=1S/C13H14O6/c1-8(14)18-11-5-3-10(4-6-13(16)17)7-12(11)19-9(2)15/h3,5,7H,4,6H2,1-2H3,(H,16,17). The molecule has 1 rings (SSSR count). The van der Waals surface area contributed by atoms with Crippen molar-refractivity contribution in [3.05, 3.63) is 23.8 Å². The summed E-state index contributed by atoms with van der Waals surface area (Å²) in [6, 6.07) is 4.58. The minimum atomic E-state index is -0.918. The Kier molecular flexibility index (Phi) is 5.05. The van der Waals surface area contributed by atoms with Crippen molar-refractivity contribution >= 4 is 17.9 Å². The van der Waals surface area contributed by atoms with Gasteiger partial charge < -0.3 is 14.6 Å². The van der Waals surface area contributed by atoms with Crippen molar-refractivity contribution < 1.29 is 29.0 Å². The van der Waals surface area contributed by atoms with Crippen LogP contribution in [0.5, 0.6) is 11.5 Å². The maximum absolute atomic E-state index is 11.0. The van der Waals surface area contributed by atoms with Crippen LogP contribution in [0, 0.1) is 0 Å². The number of aryl methyl sites for hydroxylation is 1. The molecule has 102 valence electrons. The van der Waals surface area contributed by atoms with Gasteiger partial charge in [-0.25, -0.2) is 0 Å². The number of carbonyl (C=O) groups excluding carboxylic acids is 2. The van der Waals surface area contributed by atoms with Crippen molar-refractivity contribution in [2.45, 2.75) is 26.7 Å². The van der Waals surface area contributed by atoms with Gasteiger partial charge in [-0.2, -0.15) is 0 Å². The van der Waals surface area contributed by atoms with Gasteiger partial charge in [0.05, 0.1) is 0 Å². The molecular weight excluding hydrogens is 252 g/mol. The molecule has 0 unspecified atom stereocenters. The molecule has 0 fully saturated rings. The molecule has 1 aromatic carbocycles. The molecule has 0 radical (unpaired) electrons. The van der Waals surface area contributed by atoms with E-state index in [1.807, 2.05) is 0 Å². The third-order valence-electron chi connectivity index (χ3n) is 2.14. The highest BCUT2D eigenvalue weighted by Gasteiger charge is 2.11. The summed E-state index contributed by atoms with van der Waals surface area (Å²) in [4.78, 5) is 32.4. The Hall–Kier alpha value is -2.37. The van der Waals surface area contributed by atoms with E-state index in [2.05, 4.69) is 0 Å². The van der Waals surface area contributed by atoms with Crippen LogP contribution in [0.1, 0.15) is 25.8 Å². The first kappa shape index (κ1) is 14.7. The highest BCUT2D eigenvalue weighted by atomic mass is 16.6. The molecule has 0 aromatic heterocycles. The van der Waals surface area contributed by atoms with Gasteiger partial charge in [-0.05, 0) is 24.1 Å². The van der Waals surface area contributed by atoms with Gasteiger partial charge in [0.2, 0.25) is 0 Å². The number of carboxylic acid groups (broad SMARTS) is 1. The van der Waals surface area contributed by atoms with E-state index in [9.17, 15) is 14.4 Å². The summed E-state index contributed by atoms with van der Waals surface area (Å²) < 4.78 is 9.82. The zero-order valence-corrected chi connectivity index (χ0v) is 10.6. The molecule has 0 atom stereocenters. The minimum Gasteiger partial charge on any atom is -0.481 e. The second kappa shape index (κ2) is 6.53. The quantitative estimate of drug-likeness (QED) is 0.642. The molecule has 0 saturated carbocycles. The zero-order valence-electron chi connectivity index (χ0n) is 10.6. The number of rotatable bonds is 5. The topological polar surface area (TPSA) is 89.9 Å². The maximum atomic E-state index is 11.0. The average Bonchev–Trinajstić information content (AvgIpc) is 2.28. The largest absolute Gasteiger partial charge is 0.481 e. The van der Waals surface area contributed by atoms with E-state index < -0.39 is 17.9 Å². The van der Waals surface area contributed by atoms with Gasteiger partial charge >= 0.3 is 17.9 Å². The molecule has 0 aliphatic heterocycles. The Morgan fingerprint density at radius 1 is 1.05 bits per heavy atom. The second-order valence-corrected chi connectivity index (χ2v) is 3.86. The number of carbonyl (C=O) groups is 3. The monoisotopic (exact) mass is 266 g/mol. The molecule has 6 nitrogen and oxygen atoms in total. The van der Waals surface area contributed by atoms with Crippen LogP contribution >= 0.6 is 0 Å². The molecule has 0 saturated heterocycles. The smallest absolute Gasteiger partial charge is 0.308 e. The Labute approximate surface area is 109 Å². The third-order valence-corrected chi connectivity index (χ3v) is 2.14. The molecule has 0 bridgehead atoms. The summed E-state index contributed by atoms with van der Waals surface area (Å²) in [5.74, 6) is -1.78. The lowest BCUT2D eigenvalue weighted by Gasteiger charge is -2.10. The van der Waals surface area contributed by atoms with Gasteiger partial charge in [0, 0.05) is 20.3 Å². The van der Waals surface area contributed by atoms with Gasteiger partial charge in [0.1, 0.15) is 0 Å². The van der Waals surface area contributed by atoms with Crippen molar-refractivity contribution in [3.63, 3.8) is 0 Å². The summed E-state index contributed by atoms with van der Waals surface area (Å²) in [5.41, 5.74) is 0.676. The lowest BCUT2D eigenvalue weighted by atomic mass is 10.1. The van der Waals surface area contributed by atoms with Crippen molar-refractivity contribution in [3.8, 4) is 11.5 Å². The van der Waals surface area contributed by atoms with Gasteiger partial charge in [0.15, 0.2) is 11.5 Å². The van der Waals surface area contributed by atoms with Crippen LogP contribution in [0.2, 0.25) is 0 Å². The highest BCUT2D eigenvalue weighted by molar-refractivity contribution is 5.73. The number of ether oxygens (including phenoxy) is 2. The Bertz CT molecular complexity index is 506. The summed E-state index contributed by atoms with van der Waals surface area (Å²) in [5, 5.41) is 8.61. The molecule has 0 aliphatic carbocycles. The van der Waals surface area contributed by atoms with Gasteiger partial charge in [0.25, 0.3) is 0 Å². The predicted octanol–water partition coefficient (Wildman–Crippen LogP) is 1.55. The van der Waals surface area contributed by atoms with E-state index in [1.54, 1.807) is 6.07 Å². The fourth-order valence-electron chi connectivity index (χ4n) is 1.43. The Morgan fingerprint density at radius 2 is 1.63 bits per heavy atom. The van der Waals surface area contributed by atoms with Gasteiger partial charge in [-0.15, -0.1) is 0 Å².